The molecule has 2 N–H and O–H groups in total. The van der Waals surface area contributed by atoms with Crippen LogP contribution in [-0.2, 0) is 17.2 Å². The molecule has 0 aliphatic carbocycles. The van der Waals surface area contributed by atoms with E-state index < -0.39 is 0 Å². The number of hydrogen-bond acceptors (Lipinski definition) is 4. The highest BCUT2D eigenvalue weighted by Gasteiger charge is 2.03. The second-order valence-electron chi connectivity index (χ2n) is 3.98. The highest BCUT2D eigenvalue weighted by atomic mass is 32.2. The minimum absolute atomic E-state index is 0.00157. The molecule has 0 aliphatic rings. The molecule has 100 valence electrons. The average Bonchev–Trinajstić information content (AvgIpc) is 2.93. The first kappa shape index (κ1) is 14.1. The highest BCUT2D eigenvalue weighted by Crippen LogP contribution is 2.17. The Kier molecular flexibility index (Phi) is 5.44. The Balaban J connectivity index is 1.74. The van der Waals surface area contributed by atoms with E-state index in [1.807, 2.05) is 11.4 Å². The number of carbonyl (C=O) groups excluding carboxylic acids is 1. The molecule has 0 bridgehead atoms. The molecule has 1 aromatic heterocycles. The first-order chi connectivity index (χ1) is 9.28. The van der Waals surface area contributed by atoms with Crippen molar-refractivity contribution in [3.05, 3.63) is 52.2 Å². The van der Waals surface area contributed by atoms with Crippen LogP contribution in [0.2, 0.25) is 0 Å². The smallest absolute Gasteiger partial charge is 0.234 e. The zero-order valence-corrected chi connectivity index (χ0v) is 12.0. The third kappa shape index (κ3) is 4.70. The Morgan fingerprint density at radius 1 is 1.26 bits per heavy atom. The second kappa shape index (κ2) is 7.33. The summed E-state index contributed by atoms with van der Waals surface area (Å²) in [6.45, 7) is 0.0187. The number of aliphatic hydroxyl groups excluding tert-OH is 1. The van der Waals surface area contributed by atoms with Crippen molar-refractivity contribution in [1.29, 1.82) is 0 Å². The van der Waals surface area contributed by atoms with Gasteiger partial charge in [0.2, 0.25) is 5.91 Å². The van der Waals surface area contributed by atoms with Gasteiger partial charge in [0.25, 0.3) is 0 Å². The standard InChI is InChI=1S/C14H15NO2S2/c16-8-11-3-5-12(6-4-11)15-14(17)10-18-9-13-2-1-7-19-13/h1-7,16H,8-10H2,(H,15,17). The van der Waals surface area contributed by atoms with E-state index in [2.05, 4.69) is 11.4 Å². The maximum Gasteiger partial charge on any atom is 0.234 e. The topological polar surface area (TPSA) is 49.3 Å². The van der Waals surface area contributed by atoms with Gasteiger partial charge in [-0.1, -0.05) is 18.2 Å². The number of thiophene rings is 1. The Labute approximate surface area is 120 Å². The molecule has 0 radical (unpaired) electrons. The monoisotopic (exact) mass is 293 g/mol. The van der Waals surface area contributed by atoms with Gasteiger partial charge in [0, 0.05) is 16.3 Å². The molecule has 0 saturated carbocycles. The molecule has 0 fully saturated rings. The van der Waals surface area contributed by atoms with E-state index in [0.717, 1.165) is 17.0 Å². The number of anilines is 1. The van der Waals surface area contributed by atoms with Crippen molar-refractivity contribution in [2.75, 3.05) is 11.1 Å². The van der Waals surface area contributed by atoms with E-state index in [1.165, 1.54) is 4.88 Å². The van der Waals surface area contributed by atoms with Crippen LogP contribution in [0, 0.1) is 0 Å². The first-order valence-corrected chi connectivity index (χ1v) is 7.91. The van der Waals surface area contributed by atoms with Crippen LogP contribution in [0.5, 0.6) is 0 Å². The molecule has 0 atom stereocenters. The number of hydrogen-bond donors (Lipinski definition) is 2. The quantitative estimate of drug-likeness (QED) is 0.860. The van der Waals surface area contributed by atoms with Gasteiger partial charge in [-0.05, 0) is 29.1 Å². The second-order valence-corrected chi connectivity index (χ2v) is 5.99. The van der Waals surface area contributed by atoms with E-state index in [0.29, 0.717) is 5.75 Å². The van der Waals surface area contributed by atoms with Crippen LogP contribution in [0.15, 0.2) is 41.8 Å². The van der Waals surface area contributed by atoms with Gasteiger partial charge < -0.3 is 10.4 Å². The SMILES string of the molecule is O=C(CSCc1cccs1)Nc1ccc(CO)cc1. The van der Waals surface area contributed by atoms with Gasteiger partial charge in [0.05, 0.1) is 12.4 Å². The minimum Gasteiger partial charge on any atom is -0.392 e. The van der Waals surface area contributed by atoms with Crippen molar-refractivity contribution in [2.24, 2.45) is 0 Å². The zero-order chi connectivity index (χ0) is 13.5. The van der Waals surface area contributed by atoms with Gasteiger partial charge in [0.15, 0.2) is 0 Å². The zero-order valence-electron chi connectivity index (χ0n) is 10.3. The fourth-order valence-corrected chi connectivity index (χ4v) is 3.20. The molecule has 0 saturated heterocycles. The maximum atomic E-state index is 11.7. The normalized spacial score (nSPS) is 10.4. The predicted octanol–water partition coefficient (Wildman–Crippen LogP) is 3.11. The molecule has 19 heavy (non-hydrogen) atoms. The van der Waals surface area contributed by atoms with E-state index in [1.54, 1.807) is 47.4 Å². The van der Waals surface area contributed by atoms with Gasteiger partial charge in [-0.2, -0.15) is 0 Å². The predicted molar refractivity (Wildman–Crippen MR) is 81.5 cm³/mol. The fourth-order valence-electron chi connectivity index (χ4n) is 1.53. The van der Waals surface area contributed by atoms with Crippen molar-refractivity contribution < 1.29 is 9.90 Å². The highest BCUT2D eigenvalue weighted by molar-refractivity contribution is 7.99. The molecule has 2 rings (SSSR count). The van der Waals surface area contributed by atoms with E-state index in [9.17, 15) is 4.79 Å². The summed E-state index contributed by atoms with van der Waals surface area (Å²) in [6, 6.07) is 11.3. The largest absolute Gasteiger partial charge is 0.392 e. The lowest BCUT2D eigenvalue weighted by Crippen LogP contribution is -2.14. The molecule has 1 aromatic carbocycles. The van der Waals surface area contributed by atoms with Gasteiger partial charge in [-0.25, -0.2) is 0 Å². The van der Waals surface area contributed by atoms with Crippen molar-refractivity contribution in [1.82, 2.24) is 0 Å². The van der Waals surface area contributed by atoms with Crippen LogP contribution in [-0.4, -0.2) is 16.8 Å². The molecular formula is C14H15NO2S2. The number of aliphatic hydroxyl groups is 1. The van der Waals surface area contributed by atoms with Crippen LogP contribution in [0.25, 0.3) is 0 Å². The number of benzene rings is 1. The molecule has 0 aliphatic heterocycles. The van der Waals surface area contributed by atoms with Crippen LogP contribution < -0.4 is 5.32 Å². The van der Waals surface area contributed by atoms with E-state index in [4.69, 9.17) is 5.11 Å². The van der Waals surface area contributed by atoms with Crippen LogP contribution in [0.1, 0.15) is 10.4 Å². The van der Waals surface area contributed by atoms with Crippen LogP contribution in [0.3, 0.4) is 0 Å². The summed E-state index contributed by atoms with van der Waals surface area (Å²) in [5.74, 6) is 1.31. The van der Waals surface area contributed by atoms with Gasteiger partial charge in [-0.15, -0.1) is 23.1 Å². The summed E-state index contributed by atoms with van der Waals surface area (Å²) < 4.78 is 0. The molecular weight excluding hydrogens is 278 g/mol. The van der Waals surface area contributed by atoms with Crippen molar-refractivity contribution >= 4 is 34.7 Å². The van der Waals surface area contributed by atoms with E-state index >= 15 is 0 Å². The number of thioether (sulfide) groups is 1. The Hall–Kier alpha value is -1.30. The van der Waals surface area contributed by atoms with Gasteiger partial charge in [0.1, 0.15) is 0 Å². The number of carbonyl (C=O) groups is 1. The van der Waals surface area contributed by atoms with Crippen molar-refractivity contribution in [3.63, 3.8) is 0 Å². The summed E-state index contributed by atoms with van der Waals surface area (Å²) in [6.07, 6.45) is 0. The molecule has 0 unspecified atom stereocenters. The molecule has 0 spiro atoms. The number of nitrogens with one attached hydrogen (secondary N) is 1. The summed E-state index contributed by atoms with van der Waals surface area (Å²) >= 11 is 3.31. The average molecular weight is 293 g/mol. The van der Waals surface area contributed by atoms with Crippen LogP contribution in [0.4, 0.5) is 5.69 Å². The lowest BCUT2D eigenvalue weighted by molar-refractivity contribution is -0.113. The number of amides is 1. The molecule has 1 heterocycles. The molecule has 1 amide bonds. The lowest BCUT2D eigenvalue weighted by Gasteiger charge is -2.05. The molecule has 5 heteroatoms. The molecule has 3 nitrogen and oxygen atoms in total. The fraction of sp³-hybridized carbons (Fsp3) is 0.214. The third-order valence-corrected chi connectivity index (χ3v) is 4.52. The summed E-state index contributed by atoms with van der Waals surface area (Å²) in [7, 11) is 0. The Bertz CT molecular complexity index is 509. The van der Waals surface area contributed by atoms with Crippen molar-refractivity contribution in [2.45, 2.75) is 12.4 Å². The minimum atomic E-state index is -0.00157. The van der Waals surface area contributed by atoms with Gasteiger partial charge in [-0.3, -0.25) is 4.79 Å². The van der Waals surface area contributed by atoms with Crippen LogP contribution >= 0.6 is 23.1 Å². The summed E-state index contributed by atoms with van der Waals surface area (Å²) in [5.41, 5.74) is 1.60. The van der Waals surface area contributed by atoms with E-state index in [-0.39, 0.29) is 12.5 Å². The third-order valence-electron chi connectivity index (χ3n) is 2.48. The first-order valence-electron chi connectivity index (χ1n) is 5.87. The van der Waals surface area contributed by atoms with Crippen molar-refractivity contribution in [3.8, 4) is 0 Å². The lowest BCUT2D eigenvalue weighted by atomic mass is 10.2. The summed E-state index contributed by atoms with van der Waals surface area (Å²) in [5, 5.41) is 13.8. The summed E-state index contributed by atoms with van der Waals surface area (Å²) in [4.78, 5) is 13.0. The molecule has 2 aromatic rings. The van der Waals surface area contributed by atoms with Gasteiger partial charge >= 0.3 is 0 Å². The number of rotatable bonds is 6. The Morgan fingerprint density at radius 2 is 2.05 bits per heavy atom. The Morgan fingerprint density at radius 3 is 2.68 bits per heavy atom. The maximum absolute atomic E-state index is 11.7.